The average Bonchev–Trinajstić information content (AvgIpc) is 2.50. The molecule has 0 saturated carbocycles. The number of amides is 1. The number of carbonyl (C=O) groups is 1. The Labute approximate surface area is 122 Å². The normalized spacial score (nSPS) is 10.2. The van der Waals surface area contributed by atoms with Gasteiger partial charge in [-0.25, -0.2) is 4.39 Å². The first-order valence-electron chi connectivity index (χ1n) is 6.57. The van der Waals surface area contributed by atoms with Gasteiger partial charge in [0.1, 0.15) is 11.6 Å². The average molecular weight is 288 g/mol. The van der Waals surface area contributed by atoms with Crippen molar-refractivity contribution in [3.05, 3.63) is 59.4 Å². The minimum Gasteiger partial charge on any atom is -0.483 e. The van der Waals surface area contributed by atoms with E-state index in [0.717, 1.165) is 5.56 Å². The molecule has 21 heavy (non-hydrogen) atoms. The van der Waals surface area contributed by atoms with Gasteiger partial charge in [-0.2, -0.15) is 0 Å². The molecule has 0 aliphatic rings. The molecule has 0 fully saturated rings. The summed E-state index contributed by atoms with van der Waals surface area (Å²) in [5.74, 6) is -0.135. The molecule has 0 atom stereocenters. The molecule has 4 nitrogen and oxygen atoms in total. The Balaban J connectivity index is 1.98. The highest BCUT2D eigenvalue weighted by atomic mass is 19.1. The summed E-state index contributed by atoms with van der Waals surface area (Å²) < 4.78 is 18.8. The van der Waals surface area contributed by atoms with E-state index in [0.29, 0.717) is 23.5 Å². The van der Waals surface area contributed by atoms with E-state index in [1.165, 1.54) is 6.07 Å². The molecule has 3 N–H and O–H groups in total. The van der Waals surface area contributed by atoms with Gasteiger partial charge in [0.15, 0.2) is 6.61 Å². The van der Waals surface area contributed by atoms with Crippen molar-refractivity contribution >= 4 is 11.6 Å². The van der Waals surface area contributed by atoms with Crippen LogP contribution in [-0.4, -0.2) is 12.5 Å². The maximum Gasteiger partial charge on any atom is 0.262 e. The molecule has 0 spiro atoms. The summed E-state index contributed by atoms with van der Waals surface area (Å²) in [6.45, 7) is 1.78. The van der Waals surface area contributed by atoms with Crippen LogP contribution in [0.1, 0.15) is 11.1 Å². The van der Waals surface area contributed by atoms with Gasteiger partial charge in [0, 0.05) is 23.4 Å². The molecule has 0 heterocycles. The van der Waals surface area contributed by atoms with Gasteiger partial charge >= 0.3 is 0 Å². The number of halogens is 1. The van der Waals surface area contributed by atoms with Crippen molar-refractivity contribution in [1.29, 1.82) is 0 Å². The zero-order chi connectivity index (χ0) is 15.2. The lowest BCUT2D eigenvalue weighted by molar-refractivity contribution is -0.118. The minimum absolute atomic E-state index is 0.160. The first-order valence-corrected chi connectivity index (χ1v) is 6.57. The summed E-state index contributed by atoms with van der Waals surface area (Å²) in [5, 5.41) is 2.62. The third-order valence-electron chi connectivity index (χ3n) is 3.09. The number of anilines is 1. The quantitative estimate of drug-likeness (QED) is 0.889. The van der Waals surface area contributed by atoms with E-state index in [2.05, 4.69) is 5.32 Å². The highest BCUT2D eigenvalue weighted by Crippen LogP contribution is 2.19. The number of carbonyl (C=O) groups excluding carboxylic acids is 1. The van der Waals surface area contributed by atoms with Gasteiger partial charge in [-0.05, 0) is 25.1 Å². The maximum absolute atomic E-state index is 13.4. The van der Waals surface area contributed by atoms with Crippen LogP contribution in [0.5, 0.6) is 5.75 Å². The molecule has 2 aromatic carbocycles. The molecule has 5 heteroatoms. The van der Waals surface area contributed by atoms with E-state index in [4.69, 9.17) is 10.5 Å². The third-order valence-corrected chi connectivity index (χ3v) is 3.09. The van der Waals surface area contributed by atoms with Gasteiger partial charge in [-0.1, -0.05) is 24.3 Å². The van der Waals surface area contributed by atoms with Gasteiger partial charge in [-0.15, -0.1) is 0 Å². The highest BCUT2D eigenvalue weighted by Gasteiger charge is 2.09. The van der Waals surface area contributed by atoms with Crippen LogP contribution in [0.15, 0.2) is 42.5 Å². The fourth-order valence-electron chi connectivity index (χ4n) is 1.89. The largest absolute Gasteiger partial charge is 0.483 e. The Kier molecular flexibility index (Phi) is 4.90. The van der Waals surface area contributed by atoms with Crippen LogP contribution in [0.2, 0.25) is 0 Å². The van der Waals surface area contributed by atoms with Gasteiger partial charge in [0.25, 0.3) is 5.91 Å². The van der Waals surface area contributed by atoms with Crippen molar-refractivity contribution < 1.29 is 13.9 Å². The van der Waals surface area contributed by atoms with E-state index in [9.17, 15) is 9.18 Å². The minimum atomic E-state index is -0.359. The molecule has 0 radical (unpaired) electrons. The lowest BCUT2D eigenvalue weighted by Crippen LogP contribution is -2.21. The van der Waals surface area contributed by atoms with E-state index in [-0.39, 0.29) is 18.3 Å². The molecule has 2 aromatic rings. The Morgan fingerprint density at radius 1 is 1.24 bits per heavy atom. The van der Waals surface area contributed by atoms with Crippen LogP contribution >= 0.6 is 0 Å². The standard InChI is InChI=1S/C16H17FN2O2/c1-11-13(17)6-4-7-14(11)19-16(20)10-21-15-8-3-2-5-12(15)9-18/h2-8H,9-10,18H2,1H3,(H,19,20). The van der Waals surface area contributed by atoms with Gasteiger partial charge in [0.05, 0.1) is 0 Å². The molecule has 2 rings (SSSR count). The Morgan fingerprint density at radius 3 is 2.76 bits per heavy atom. The molecular weight excluding hydrogens is 271 g/mol. The first kappa shape index (κ1) is 15.0. The van der Waals surface area contributed by atoms with Gasteiger partial charge in [0.2, 0.25) is 0 Å². The fraction of sp³-hybridized carbons (Fsp3) is 0.188. The summed E-state index contributed by atoms with van der Waals surface area (Å²) in [6, 6.07) is 11.8. The Bertz CT molecular complexity index is 644. The van der Waals surface area contributed by atoms with Gasteiger partial charge < -0.3 is 15.8 Å². The summed E-state index contributed by atoms with van der Waals surface area (Å²) >= 11 is 0. The molecule has 0 saturated heterocycles. The SMILES string of the molecule is Cc1c(F)cccc1NC(=O)COc1ccccc1CN. The monoisotopic (exact) mass is 288 g/mol. The highest BCUT2D eigenvalue weighted by molar-refractivity contribution is 5.92. The van der Waals surface area contributed by atoms with Crippen LogP contribution in [-0.2, 0) is 11.3 Å². The first-order chi connectivity index (χ1) is 10.1. The second-order valence-electron chi connectivity index (χ2n) is 4.56. The smallest absolute Gasteiger partial charge is 0.262 e. The number of nitrogens with two attached hydrogens (primary N) is 1. The summed E-state index contributed by atoms with van der Waals surface area (Å²) in [4.78, 5) is 11.9. The lowest BCUT2D eigenvalue weighted by atomic mass is 10.2. The predicted octanol–water partition coefficient (Wildman–Crippen LogP) is 2.61. The third kappa shape index (κ3) is 3.79. The molecule has 110 valence electrons. The van der Waals surface area contributed by atoms with Crippen LogP contribution < -0.4 is 15.8 Å². The fourth-order valence-corrected chi connectivity index (χ4v) is 1.89. The summed E-state index contributed by atoms with van der Waals surface area (Å²) in [7, 11) is 0. The van der Waals surface area contributed by atoms with E-state index in [1.807, 2.05) is 18.2 Å². The van der Waals surface area contributed by atoms with Crippen molar-refractivity contribution in [2.75, 3.05) is 11.9 Å². The summed E-state index contributed by atoms with van der Waals surface area (Å²) in [5.41, 5.74) is 7.26. The van der Waals surface area contributed by atoms with Crippen molar-refractivity contribution in [3.8, 4) is 5.75 Å². The Morgan fingerprint density at radius 2 is 2.00 bits per heavy atom. The number of benzene rings is 2. The molecule has 1 amide bonds. The number of nitrogens with one attached hydrogen (secondary N) is 1. The molecule has 0 aliphatic heterocycles. The second kappa shape index (κ2) is 6.85. The molecule has 0 aliphatic carbocycles. The molecule has 0 bridgehead atoms. The van der Waals surface area contributed by atoms with Gasteiger partial charge in [-0.3, -0.25) is 4.79 Å². The van der Waals surface area contributed by atoms with Crippen LogP contribution in [0.25, 0.3) is 0 Å². The number of rotatable bonds is 5. The zero-order valence-corrected chi connectivity index (χ0v) is 11.7. The maximum atomic E-state index is 13.4. The van der Waals surface area contributed by atoms with Crippen LogP contribution in [0, 0.1) is 12.7 Å². The molecular formula is C16H17FN2O2. The van der Waals surface area contributed by atoms with Crippen molar-refractivity contribution in [3.63, 3.8) is 0 Å². The van der Waals surface area contributed by atoms with Crippen LogP contribution in [0.4, 0.5) is 10.1 Å². The van der Waals surface area contributed by atoms with Crippen molar-refractivity contribution in [2.45, 2.75) is 13.5 Å². The van der Waals surface area contributed by atoms with E-state index in [1.54, 1.807) is 25.1 Å². The number of hydrogen-bond donors (Lipinski definition) is 2. The topological polar surface area (TPSA) is 64.3 Å². The zero-order valence-electron chi connectivity index (χ0n) is 11.7. The number of para-hydroxylation sites is 1. The Hall–Kier alpha value is -2.40. The van der Waals surface area contributed by atoms with Crippen LogP contribution in [0.3, 0.4) is 0 Å². The predicted molar refractivity (Wildman–Crippen MR) is 79.6 cm³/mol. The summed E-state index contributed by atoms with van der Waals surface area (Å²) in [6.07, 6.45) is 0. The molecule has 0 unspecified atom stereocenters. The van der Waals surface area contributed by atoms with E-state index >= 15 is 0 Å². The van der Waals surface area contributed by atoms with Crippen molar-refractivity contribution in [2.24, 2.45) is 5.73 Å². The lowest BCUT2D eigenvalue weighted by Gasteiger charge is -2.11. The molecule has 0 aromatic heterocycles. The number of ether oxygens (including phenoxy) is 1. The second-order valence-corrected chi connectivity index (χ2v) is 4.56. The van der Waals surface area contributed by atoms with Crippen molar-refractivity contribution in [1.82, 2.24) is 0 Å². The van der Waals surface area contributed by atoms with E-state index < -0.39 is 0 Å². The number of hydrogen-bond acceptors (Lipinski definition) is 3.